The van der Waals surface area contributed by atoms with Crippen LogP contribution in [0.2, 0.25) is 0 Å². The summed E-state index contributed by atoms with van der Waals surface area (Å²) in [6.45, 7) is 2.94. The van der Waals surface area contributed by atoms with Crippen molar-refractivity contribution in [1.29, 1.82) is 0 Å². The van der Waals surface area contributed by atoms with Crippen molar-refractivity contribution in [2.24, 2.45) is 5.92 Å². The second-order valence-corrected chi connectivity index (χ2v) is 5.36. The number of ether oxygens (including phenoxy) is 1. The molecule has 0 unspecified atom stereocenters. The lowest BCUT2D eigenvalue weighted by Crippen LogP contribution is -2.26. The average Bonchev–Trinajstić information content (AvgIpc) is 2.90. The molecule has 0 aliphatic heterocycles. The fraction of sp³-hybridized carbons (Fsp3) is 0.867. The molecule has 0 spiro atoms. The molecule has 0 aromatic rings. The Kier molecular flexibility index (Phi) is 8.26. The predicted molar refractivity (Wildman–Crippen MR) is 74.7 cm³/mol. The van der Waals surface area contributed by atoms with Gasteiger partial charge in [0.05, 0.1) is 13.0 Å². The van der Waals surface area contributed by atoms with Crippen LogP contribution in [0.1, 0.15) is 64.7 Å². The molecule has 1 fully saturated rings. The Morgan fingerprint density at radius 2 is 1.95 bits per heavy atom. The molecule has 1 rings (SSSR count). The van der Waals surface area contributed by atoms with Crippen molar-refractivity contribution >= 4 is 11.9 Å². The number of hydrogen-bond acceptors (Lipinski definition) is 3. The molecule has 1 aliphatic carbocycles. The first kappa shape index (κ1) is 16.0. The Labute approximate surface area is 116 Å². The molecule has 0 heterocycles. The number of esters is 1. The van der Waals surface area contributed by atoms with E-state index < -0.39 is 0 Å². The third kappa shape index (κ3) is 7.85. The normalized spacial score (nSPS) is 15.4. The van der Waals surface area contributed by atoms with E-state index in [1.807, 2.05) is 0 Å². The first-order chi connectivity index (χ1) is 9.22. The van der Waals surface area contributed by atoms with Gasteiger partial charge in [0, 0.05) is 13.0 Å². The minimum atomic E-state index is -0.218. The lowest BCUT2D eigenvalue weighted by atomic mass is 10.0. The van der Waals surface area contributed by atoms with Crippen LogP contribution in [-0.4, -0.2) is 25.0 Å². The number of carbonyl (C=O) groups is 2. The standard InChI is InChI=1S/C15H27NO3/c1-2-3-12-19-15(18)10-11-16-14(17)9-8-13-6-4-5-7-13/h13H,2-12H2,1H3,(H,16,17). The highest BCUT2D eigenvalue weighted by Crippen LogP contribution is 2.28. The molecule has 1 saturated carbocycles. The lowest BCUT2D eigenvalue weighted by Gasteiger charge is -2.09. The van der Waals surface area contributed by atoms with Crippen molar-refractivity contribution in [3.05, 3.63) is 0 Å². The van der Waals surface area contributed by atoms with Crippen molar-refractivity contribution < 1.29 is 14.3 Å². The molecule has 0 aromatic heterocycles. The molecule has 1 aliphatic rings. The van der Waals surface area contributed by atoms with E-state index in [1.165, 1.54) is 25.7 Å². The summed E-state index contributed by atoms with van der Waals surface area (Å²) in [5.41, 5.74) is 0. The Hall–Kier alpha value is -1.06. The lowest BCUT2D eigenvalue weighted by molar-refractivity contribution is -0.143. The number of carbonyl (C=O) groups excluding carboxylic acids is 2. The largest absolute Gasteiger partial charge is 0.466 e. The molecule has 0 aromatic carbocycles. The minimum absolute atomic E-state index is 0.0632. The van der Waals surface area contributed by atoms with E-state index in [-0.39, 0.29) is 18.3 Å². The molecule has 1 amide bonds. The molecule has 110 valence electrons. The van der Waals surface area contributed by atoms with Gasteiger partial charge in [-0.05, 0) is 18.8 Å². The zero-order chi connectivity index (χ0) is 13.9. The smallest absolute Gasteiger partial charge is 0.307 e. The van der Waals surface area contributed by atoms with E-state index in [9.17, 15) is 9.59 Å². The first-order valence-electron chi connectivity index (χ1n) is 7.64. The number of unbranched alkanes of at least 4 members (excludes halogenated alkanes) is 1. The average molecular weight is 269 g/mol. The summed E-state index contributed by atoms with van der Waals surface area (Å²) in [5, 5.41) is 2.79. The number of amides is 1. The third-order valence-corrected chi connectivity index (χ3v) is 3.67. The quantitative estimate of drug-likeness (QED) is 0.517. The van der Waals surface area contributed by atoms with Gasteiger partial charge in [-0.3, -0.25) is 9.59 Å². The van der Waals surface area contributed by atoms with Gasteiger partial charge in [-0.2, -0.15) is 0 Å². The van der Waals surface area contributed by atoms with Gasteiger partial charge in [-0.25, -0.2) is 0 Å². The maximum absolute atomic E-state index is 11.6. The summed E-state index contributed by atoms with van der Waals surface area (Å²) in [6, 6.07) is 0. The maximum Gasteiger partial charge on any atom is 0.307 e. The number of hydrogen-bond donors (Lipinski definition) is 1. The van der Waals surface area contributed by atoms with E-state index in [0.29, 0.717) is 19.6 Å². The number of rotatable bonds is 9. The summed E-state index contributed by atoms with van der Waals surface area (Å²) in [5.74, 6) is 0.586. The molecular weight excluding hydrogens is 242 g/mol. The van der Waals surface area contributed by atoms with Crippen LogP contribution in [0.5, 0.6) is 0 Å². The Bertz CT molecular complexity index is 273. The van der Waals surface area contributed by atoms with Gasteiger partial charge in [0.1, 0.15) is 0 Å². The molecular formula is C15H27NO3. The fourth-order valence-corrected chi connectivity index (χ4v) is 2.43. The van der Waals surface area contributed by atoms with Gasteiger partial charge in [-0.1, -0.05) is 39.0 Å². The molecule has 0 saturated heterocycles. The molecule has 4 heteroatoms. The van der Waals surface area contributed by atoms with E-state index in [1.54, 1.807) is 0 Å². The van der Waals surface area contributed by atoms with Crippen molar-refractivity contribution in [2.75, 3.05) is 13.2 Å². The predicted octanol–water partition coefficient (Wildman–Crippen LogP) is 2.81. The second-order valence-electron chi connectivity index (χ2n) is 5.36. The fourth-order valence-electron chi connectivity index (χ4n) is 2.43. The summed E-state index contributed by atoms with van der Waals surface area (Å²) < 4.78 is 5.02. The van der Waals surface area contributed by atoms with Crippen LogP contribution >= 0.6 is 0 Å². The summed E-state index contributed by atoms with van der Waals surface area (Å²) >= 11 is 0. The van der Waals surface area contributed by atoms with Crippen LogP contribution in [0.4, 0.5) is 0 Å². The van der Waals surface area contributed by atoms with Gasteiger partial charge < -0.3 is 10.1 Å². The molecule has 1 N–H and O–H groups in total. The molecule has 4 nitrogen and oxygen atoms in total. The Balaban J connectivity index is 1.95. The second kappa shape index (κ2) is 9.82. The molecule has 0 bridgehead atoms. The van der Waals surface area contributed by atoms with Gasteiger partial charge in [0.15, 0.2) is 0 Å². The van der Waals surface area contributed by atoms with Gasteiger partial charge in [-0.15, -0.1) is 0 Å². The number of nitrogens with one attached hydrogen (secondary N) is 1. The topological polar surface area (TPSA) is 55.4 Å². The van der Waals surface area contributed by atoms with Crippen LogP contribution in [0.15, 0.2) is 0 Å². The zero-order valence-electron chi connectivity index (χ0n) is 12.1. The summed E-state index contributed by atoms with van der Waals surface area (Å²) in [4.78, 5) is 22.9. The highest BCUT2D eigenvalue weighted by Gasteiger charge is 2.16. The van der Waals surface area contributed by atoms with E-state index in [4.69, 9.17) is 4.74 Å². The van der Waals surface area contributed by atoms with E-state index in [2.05, 4.69) is 12.2 Å². The third-order valence-electron chi connectivity index (χ3n) is 3.67. The van der Waals surface area contributed by atoms with E-state index >= 15 is 0 Å². The van der Waals surface area contributed by atoms with Crippen LogP contribution < -0.4 is 5.32 Å². The summed E-state index contributed by atoms with van der Waals surface area (Å²) in [7, 11) is 0. The minimum Gasteiger partial charge on any atom is -0.466 e. The first-order valence-corrected chi connectivity index (χ1v) is 7.64. The van der Waals surface area contributed by atoms with Crippen molar-refractivity contribution in [1.82, 2.24) is 5.32 Å². The maximum atomic E-state index is 11.6. The van der Waals surface area contributed by atoms with Crippen molar-refractivity contribution in [3.63, 3.8) is 0 Å². The van der Waals surface area contributed by atoms with E-state index in [0.717, 1.165) is 25.2 Å². The Morgan fingerprint density at radius 1 is 1.21 bits per heavy atom. The molecule has 19 heavy (non-hydrogen) atoms. The van der Waals surface area contributed by atoms with Crippen LogP contribution in [0.3, 0.4) is 0 Å². The highest BCUT2D eigenvalue weighted by molar-refractivity contribution is 5.77. The molecule has 0 radical (unpaired) electrons. The van der Waals surface area contributed by atoms with Gasteiger partial charge in [0.2, 0.25) is 5.91 Å². The van der Waals surface area contributed by atoms with Crippen molar-refractivity contribution in [3.8, 4) is 0 Å². The van der Waals surface area contributed by atoms with Gasteiger partial charge in [0.25, 0.3) is 0 Å². The SMILES string of the molecule is CCCCOC(=O)CCNC(=O)CCC1CCCC1. The van der Waals surface area contributed by atoms with Crippen LogP contribution in [0.25, 0.3) is 0 Å². The molecule has 0 atom stereocenters. The van der Waals surface area contributed by atoms with Crippen molar-refractivity contribution in [2.45, 2.75) is 64.7 Å². The highest BCUT2D eigenvalue weighted by atomic mass is 16.5. The summed E-state index contributed by atoms with van der Waals surface area (Å²) in [6.07, 6.45) is 8.96. The van der Waals surface area contributed by atoms with Crippen LogP contribution in [0, 0.1) is 5.92 Å². The van der Waals surface area contributed by atoms with Crippen LogP contribution in [-0.2, 0) is 14.3 Å². The van der Waals surface area contributed by atoms with Gasteiger partial charge >= 0.3 is 5.97 Å². The zero-order valence-corrected chi connectivity index (χ0v) is 12.1. The monoisotopic (exact) mass is 269 g/mol. The Morgan fingerprint density at radius 3 is 2.63 bits per heavy atom.